The molecule has 0 saturated carbocycles. The third-order valence-electron chi connectivity index (χ3n) is 3.76. The zero-order valence-electron chi connectivity index (χ0n) is 11.3. The Morgan fingerprint density at radius 2 is 1.68 bits per heavy atom. The molecule has 1 amide bonds. The van der Waals surface area contributed by atoms with Crippen LogP contribution in [0.2, 0.25) is 0 Å². The smallest absolute Gasteiger partial charge is 0.335 e. The Morgan fingerprint density at radius 1 is 1.11 bits per heavy atom. The summed E-state index contributed by atoms with van der Waals surface area (Å²) in [5.74, 6) is -0.451. The lowest BCUT2D eigenvalue weighted by Crippen LogP contribution is -2.44. The number of rotatable bonds is 2. The summed E-state index contributed by atoms with van der Waals surface area (Å²) in [4.78, 5) is 25.1. The van der Waals surface area contributed by atoms with E-state index in [1.54, 1.807) is 12.1 Å². The number of hydrogen-bond donors (Lipinski definition) is 1. The van der Waals surface area contributed by atoms with Crippen LogP contribution in [0.5, 0.6) is 0 Å². The molecule has 102 valence electrons. The fraction of sp³-hybridized carbons (Fsp3) is 0.467. The van der Waals surface area contributed by atoms with Gasteiger partial charge in [0, 0.05) is 18.2 Å². The van der Waals surface area contributed by atoms with Crippen LogP contribution in [0.25, 0.3) is 0 Å². The number of hydrogen-bond acceptors (Lipinski definition) is 2. The summed E-state index contributed by atoms with van der Waals surface area (Å²) in [5, 5.41) is 8.84. The largest absolute Gasteiger partial charge is 0.478 e. The van der Waals surface area contributed by atoms with Crippen LogP contribution >= 0.6 is 0 Å². The van der Waals surface area contributed by atoms with Crippen molar-refractivity contribution < 1.29 is 14.7 Å². The van der Waals surface area contributed by atoms with E-state index in [9.17, 15) is 9.59 Å². The van der Waals surface area contributed by atoms with Crippen molar-refractivity contribution in [2.45, 2.75) is 32.7 Å². The highest BCUT2D eigenvalue weighted by Gasteiger charge is 2.27. The highest BCUT2D eigenvalue weighted by Crippen LogP contribution is 2.23. The van der Waals surface area contributed by atoms with Crippen molar-refractivity contribution >= 4 is 11.9 Å². The van der Waals surface area contributed by atoms with Crippen LogP contribution in [0.1, 0.15) is 47.4 Å². The molecule has 4 heteroatoms. The monoisotopic (exact) mass is 261 g/mol. The quantitative estimate of drug-likeness (QED) is 0.890. The predicted octanol–water partition coefficient (Wildman–Crippen LogP) is 2.65. The first kappa shape index (κ1) is 13.6. The summed E-state index contributed by atoms with van der Waals surface area (Å²) < 4.78 is 0. The summed E-state index contributed by atoms with van der Waals surface area (Å²) in [6.07, 6.45) is 2.18. The van der Waals surface area contributed by atoms with Gasteiger partial charge in [0.25, 0.3) is 5.91 Å². The highest BCUT2D eigenvalue weighted by atomic mass is 16.4. The first-order valence-corrected chi connectivity index (χ1v) is 6.63. The van der Waals surface area contributed by atoms with Crippen LogP contribution in [0.3, 0.4) is 0 Å². The Morgan fingerprint density at radius 3 is 2.26 bits per heavy atom. The molecule has 2 unspecified atom stereocenters. The Balaban J connectivity index is 2.16. The maximum Gasteiger partial charge on any atom is 0.335 e. The van der Waals surface area contributed by atoms with Crippen molar-refractivity contribution in [3.05, 3.63) is 35.4 Å². The summed E-state index contributed by atoms with van der Waals surface area (Å²) in [7, 11) is 0. The summed E-state index contributed by atoms with van der Waals surface area (Å²) in [5.41, 5.74) is 0.766. The molecule has 0 bridgehead atoms. The van der Waals surface area contributed by atoms with Crippen LogP contribution in [0.15, 0.2) is 24.3 Å². The van der Waals surface area contributed by atoms with Crippen LogP contribution in [-0.4, -0.2) is 34.5 Å². The maximum absolute atomic E-state index is 12.4. The first-order chi connectivity index (χ1) is 8.99. The molecule has 1 heterocycles. The zero-order chi connectivity index (χ0) is 14.0. The number of nitrogens with zero attached hydrogens (tertiary/aromatic N) is 1. The number of piperidine rings is 1. The van der Waals surface area contributed by atoms with Crippen molar-refractivity contribution in [1.29, 1.82) is 0 Å². The van der Waals surface area contributed by atoms with Gasteiger partial charge >= 0.3 is 5.97 Å². The molecule has 1 saturated heterocycles. The Labute approximate surface area is 113 Å². The fourth-order valence-corrected chi connectivity index (χ4v) is 2.49. The summed E-state index contributed by atoms with van der Waals surface area (Å²) in [6, 6.07) is 6.40. The number of carbonyl (C=O) groups excluding carboxylic acids is 1. The van der Waals surface area contributed by atoms with Gasteiger partial charge < -0.3 is 10.0 Å². The van der Waals surface area contributed by atoms with Crippen LogP contribution in [0.4, 0.5) is 0 Å². The van der Waals surface area contributed by atoms with Crippen LogP contribution in [-0.2, 0) is 0 Å². The van der Waals surface area contributed by atoms with Crippen molar-refractivity contribution in [3.8, 4) is 0 Å². The third kappa shape index (κ3) is 2.95. The lowest BCUT2D eigenvalue weighted by atomic mass is 9.94. The van der Waals surface area contributed by atoms with Crippen molar-refractivity contribution in [1.82, 2.24) is 4.90 Å². The molecule has 0 aliphatic carbocycles. The van der Waals surface area contributed by atoms with Gasteiger partial charge in [-0.1, -0.05) is 6.92 Å². The number of amides is 1. The number of benzene rings is 1. The lowest BCUT2D eigenvalue weighted by Gasteiger charge is -2.36. The lowest BCUT2D eigenvalue weighted by molar-refractivity contribution is 0.0572. The van der Waals surface area contributed by atoms with Crippen LogP contribution in [0, 0.1) is 5.92 Å². The van der Waals surface area contributed by atoms with Gasteiger partial charge in [0.15, 0.2) is 0 Å². The highest BCUT2D eigenvalue weighted by molar-refractivity contribution is 5.96. The van der Waals surface area contributed by atoms with Gasteiger partial charge in [-0.3, -0.25) is 4.79 Å². The first-order valence-electron chi connectivity index (χ1n) is 6.63. The van der Waals surface area contributed by atoms with E-state index in [0.29, 0.717) is 11.5 Å². The molecule has 1 aliphatic heterocycles. The molecule has 1 aromatic rings. The van der Waals surface area contributed by atoms with Gasteiger partial charge in [0.2, 0.25) is 0 Å². The molecule has 1 aliphatic rings. The predicted molar refractivity (Wildman–Crippen MR) is 72.3 cm³/mol. The second kappa shape index (κ2) is 5.43. The zero-order valence-corrected chi connectivity index (χ0v) is 11.3. The second-order valence-electron chi connectivity index (χ2n) is 5.37. The van der Waals surface area contributed by atoms with Gasteiger partial charge in [-0.05, 0) is 49.9 Å². The molecule has 1 N–H and O–H groups in total. The van der Waals surface area contributed by atoms with Crippen molar-refractivity contribution in [2.24, 2.45) is 5.92 Å². The third-order valence-corrected chi connectivity index (χ3v) is 3.76. The molecule has 0 radical (unpaired) electrons. The van der Waals surface area contributed by atoms with E-state index in [0.717, 1.165) is 19.4 Å². The number of carboxylic acids is 1. The van der Waals surface area contributed by atoms with E-state index < -0.39 is 5.97 Å². The molecule has 1 aromatic carbocycles. The topological polar surface area (TPSA) is 57.6 Å². The summed E-state index contributed by atoms with van der Waals surface area (Å²) in [6.45, 7) is 5.00. The molecule has 1 fully saturated rings. The minimum absolute atomic E-state index is 0.00371. The van der Waals surface area contributed by atoms with Gasteiger partial charge in [-0.2, -0.15) is 0 Å². The second-order valence-corrected chi connectivity index (χ2v) is 5.37. The number of likely N-dealkylation sites (tertiary alicyclic amines) is 1. The normalized spacial score (nSPS) is 23.2. The molecular formula is C15H19NO3. The van der Waals surface area contributed by atoms with E-state index in [4.69, 9.17) is 5.11 Å². The van der Waals surface area contributed by atoms with Gasteiger partial charge in [-0.15, -0.1) is 0 Å². The van der Waals surface area contributed by atoms with E-state index >= 15 is 0 Å². The molecular weight excluding hydrogens is 242 g/mol. The molecule has 0 aromatic heterocycles. The maximum atomic E-state index is 12.4. The Kier molecular flexibility index (Phi) is 3.88. The minimum atomic E-state index is -0.973. The molecule has 0 spiro atoms. The van der Waals surface area contributed by atoms with Crippen molar-refractivity contribution in [3.63, 3.8) is 0 Å². The van der Waals surface area contributed by atoms with E-state index in [-0.39, 0.29) is 17.5 Å². The van der Waals surface area contributed by atoms with E-state index in [1.807, 2.05) is 4.90 Å². The summed E-state index contributed by atoms with van der Waals surface area (Å²) >= 11 is 0. The SMILES string of the molecule is CC1CCC(C)N(C(=O)c2ccc(C(=O)O)cc2)C1. The van der Waals surface area contributed by atoms with Gasteiger partial charge in [0.1, 0.15) is 0 Å². The van der Waals surface area contributed by atoms with E-state index in [2.05, 4.69) is 13.8 Å². The Bertz CT molecular complexity index is 481. The minimum Gasteiger partial charge on any atom is -0.478 e. The van der Waals surface area contributed by atoms with Gasteiger partial charge in [-0.25, -0.2) is 4.79 Å². The number of carbonyl (C=O) groups is 2. The molecule has 2 rings (SSSR count). The van der Waals surface area contributed by atoms with Gasteiger partial charge in [0.05, 0.1) is 5.56 Å². The van der Waals surface area contributed by atoms with Crippen LogP contribution < -0.4 is 0 Å². The van der Waals surface area contributed by atoms with Crippen molar-refractivity contribution in [2.75, 3.05) is 6.54 Å². The molecule has 4 nitrogen and oxygen atoms in total. The Hall–Kier alpha value is -1.84. The number of carboxylic acid groups (broad SMARTS) is 1. The molecule has 19 heavy (non-hydrogen) atoms. The average Bonchev–Trinajstić information content (AvgIpc) is 2.41. The average molecular weight is 261 g/mol. The number of aromatic carboxylic acids is 1. The standard InChI is InChI=1S/C15H19NO3/c1-10-3-4-11(2)16(9-10)14(17)12-5-7-13(8-6-12)15(18)19/h5-8,10-11H,3-4,9H2,1-2H3,(H,18,19). The van der Waals surface area contributed by atoms with E-state index in [1.165, 1.54) is 12.1 Å². The fourth-order valence-electron chi connectivity index (χ4n) is 2.49. The molecule has 2 atom stereocenters.